The van der Waals surface area contributed by atoms with Crippen LogP contribution in [0.4, 0.5) is 0 Å². The van der Waals surface area contributed by atoms with E-state index in [9.17, 15) is 4.79 Å². The molecule has 0 spiro atoms. The molecule has 0 atom stereocenters. The average Bonchev–Trinajstić information content (AvgIpc) is 2.66. The highest BCUT2D eigenvalue weighted by atomic mass is 35.5. The van der Waals surface area contributed by atoms with E-state index in [1.807, 2.05) is 50.2 Å². The lowest BCUT2D eigenvalue weighted by Crippen LogP contribution is -2.03. The van der Waals surface area contributed by atoms with Gasteiger partial charge in [0.05, 0.1) is 0 Å². The molecule has 0 aliphatic heterocycles. The molecule has 0 saturated heterocycles. The lowest BCUT2D eigenvalue weighted by molar-refractivity contribution is 0.0988. The highest BCUT2D eigenvalue weighted by Gasteiger charge is 2.15. The van der Waals surface area contributed by atoms with Gasteiger partial charge in [0.15, 0.2) is 5.78 Å². The van der Waals surface area contributed by atoms with Crippen molar-refractivity contribution < 1.29 is 4.79 Å². The number of nitrogens with zero attached hydrogens (tertiary/aromatic N) is 1. The topological polar surface area (TPSA) is 22.0 Å². The van der Waals surface area contributed by atoms with Crippen LogP contribution < -0.4 is 0 Å². The van der Waals surface area contributed by atoms with E-state index in [1.54, 1.807) is 0 Å². The van der Waals surface area contributed by atoms with Gasteiger partial charge in [0.1, 0.15) is 0 Å². The molecule has 0 radical (unpaired) electrons. The monoisotopic (exact) mass is 261 g/mol. The Kier molecular flexibility index (Phi) is 3.87. The second kappa shape index (κ2) is 5.40. The van der Waals surface area contributed by atoms with Gasteiger partial charge in [-0.2, -0.15) is 0 Å². The van der Waals surface area contributed by atoms with E-state index in [2.05, 4.69) is 4.57 Å². The molecule has 1 aromatic carbocycles. The Morgan fingerprint density at radius 2 is 1.89 bits per heavy atom. The molecular formula is C15H16ClNO. The van der Waals surface area contributed by atoms with Gasteiger partial charge in [-0.05, 0) is 32.0 Å². The molecule has 0 N–H and O–H groups in total. The first-order chi connectivity index (χ1) is 8.65. The van der Waals surface area contributed by atoms with E-state index in [4.69, 9.17) is 11.6 Å². The minimum Gasteiger partial charge on any atom is -0.318 e. The van der Waals surface area contributed by atoms with Gasteiger partial charge in [0.25, 0.3) is 0 Å². The normalized spacial score (nSPS) is 10.6. The molecule has 0 bridgehead atoms. The van der Waals surface area contributed by atoms with Crippen molar-refractivity contribution in [2.75, 3.05) is 5.88 Å². The van der Waals surface area contributed by atoms with Gasteiger partial charge in [-0.1, -0.05) is 18.2 Å². The van der Waals surface area contributed by atoms with E-state index in [0.29, 0.717) is 12.3 Å². The molecule has 1 heterocycles. The number of Topliss-reactive ketones (excluding diaryl/α,β-unsaturated/α-hetero) is 1. The second-order valence-corrected chi connectivity index (χ2v) is 4.70. The molecule has 2 nitrogen and oxygen atoms in total. The number of carbonyl (C=O) groups excluding carboxylic acids is 1. The van der Waals surface area contributed by atoms with Crippen molar-refractivity contribution in [2.24, 2.45) is 0 Å². The maximum Gasteiger partial charge on any atom is 0.165 e. The smallest absolute Gasteiger partial charge is 0.165 e. The Bertz CT molecular complexity index is 557. The Balaban J connectivity index is 2.48. The maximum absolute atomic E-state index is 12.0. The summed E-state index contributed by atoms with van der Waals surface area (Å²) in [6, 6.07) is 12.0. The molecule has 18 heavy (non-hydrogen) atoms. The summed E-state index contributed by atoms with van der Waals surface area (Å²) in [5, 5.41) is 0. The summed E-state index contributed by atoms with van der Waals surface area (Å²) in [4.78, 5) is 12.0. The van der Waals surface area contributed by atoms with Crippen molar-refractivity contribution in [1.29, 1.82) is 0 Å². The number of ketones is 1. The molecule has 0 aliphatic carbocycles. The summed E-state index contributed by atoms with van der Waals surface area (Å²) in [5.41, 5.74) is 3.90. The predicted molar refractivity (Wildman–Crippen MR) is 74.9 cm³/mol. The van der Waals surface area contributed by atoms with Crippen LogP contribution in [-0.2, 0) is 0 Å². The van der Waals surface area contributed by atoms with Gasteiger partial charge < -0.3 is 4.57 Å². The van der Waals surface area contributed by atoms with Crippen molar-refractivity contribution in [3.05, 3.63) is 53.3 Å². The highest BCUT2D eigenvalue weighted by Crippen LogP contribution is 2.21. The van der Waals surface area contributed by atoms with Gasteiger partial charge in [0, 0.05) is 34.9 Å². The second-order valence-electron chi connectivity index (χ2n) is 4.32. The Morgan fingerprint density at radius 1 is 1.22 bits per heavy atom. The standard InChI is InChI=1S/C15H16ClNO/c1-11-10-14(15(18)8-9-16)12(2)17(11)13-6-4-3-5-7-13/h3-7,10H,8-9H2,1-2H3. The molecule has 0 aliphatic rings. The molecule has 0 saturated carbocycles. The zero-order valence-corrected chi connectivity index (χ0v) is 11.4. The molecule has 0 fully saturated rings. The maximum atomic E-state index is 12.0. The molecule has 0 amide bonds. The van der Waals surface area contributed by atoms with E-state index in [-0.39, 0.29) is 5.78 Å². The van der Waals surface area contributed by atoms with Crippen molar-refractivity contribution in [1.82, 2.24) is 4.57 Å². The zero-order valence-electron chi connectivity index (χ0n) is 10.6. The number of rotatable bonds is 4. The molecule has 2 rings (SSSR count). The van der Waals surface area contributed by atoms with Crippen LogP contribution in [0.15, 0.2) is 36.4 Å². The summed E-state index contributed by atoms with van der Waals surface area (Å²) in [7, 11) is 0. The van der Waals surface area contributed by atoms with Crippen LogP contribution >= 0.6 is 11.6 Å². The van der Waals surface area contributed by atoms with Crippen molar-refractivity contribution in [3.8, 4) is 5.69 Å². The van der Waals surface area contributed by atoms with Crippen molar-refractivity contribution in [2.45, 2.75) is 20.3 Å². The Morgan fingerprint density at radius 3 is 2.50 bits per heavy atom. The quantitative estimate of drug-likeness (QED) is 0.604. The van der Waals surface area contributed by atoms with Crippen LogP contribution in [0.25, 0.3) is 5.69 Å². The van der Waals surface area contributed by atoms with Crippen LogP contribution in [0.5, 0.6) is 0 Å². The van der Waals surface area contributed by atoms with Gasteiger partial charge >= 0.3 is 0 Å². The Hall–Kier alpha value is -1.54. The number of aromatic nitrogens is 1. The van der Waals surface area contributed by atoms with Gasteiger partial charge in [-0.3, -0.25) is 4.79 Å². The van der Waals surface area contributed by atoms with Gasteiger partial charge in [0.2, 0.25) is 0 Å². The number of benzene rings is 1. The average molecular weight is 262 g/mol. The molecule has 94 valence electrons. The summed E-state index contributed by atoms with van der Waals surface area (Å²) in [6.45, 7) is 3.99. The number of para-hydroxylation sites is 1. The van der Waals surface area contributed by atoms with Crippen LogP contribution in [0.1, 0.15) is 28.2 Å². The van der Waals surface area contributed by atoms with Crippen LogP contribution in [0, 0.1) is 13.8 Å². The first-order valence-electron chi connectivity index (χ1n) is 5.98. The molecule has 3 heteroatoms. The third-order valence-corrected chi connectivity index (χ3v) is 3.26. The number of aryl methyl sites for hydroxylation is 1. The zero-order chi connectivity index (χ0) is 13.1. The lowest BCUT2D eigenvalue weighted by atomic mass is 10.1. The summed E-state index contributed by atoms with van der Waals surface area (Å²) in [6.07, 6.45) is 0.390. The van der Waals surface area contributed by atoms with E-state index in [1.165, 1.54) is 0 Å². The fraction of sp³-hybridized carbons (Fsp3) is 0.267. The SMILES string of the molecule is Cc1cc(C(=O)CCCl)c(C)n1-c1ccccc1. The molecular weight excluding hydrogens is 246 g/mol. The van der Waals surface area contributed by atoms with E-state index < -0.39 is 0 Å². The fourth-order valence-corrected chi connectivity index (χ4v) is 2.41. The number of hydrogen-bond acceptors (Lipinski definition) is 1. The van der Waals surface area contributed by atoms with Gasteiger partial charge in [-0.15, -0.1) is 11.6 Å². The Labute approximate surface area is 112 Å². The minimum absolute atomic E-state index is 0.111. The first-order valence-corrected chi connectivity index (χ1v) is 6.52. The number of alkyl halides is 1. The summed E-state index contributed by atoms with van der Waals surface area (Å²) < 4.78 is 2.10. The van der Waals surface area contributed by atoms with E-state index >= 15 is 0 Å². The predicted octanol–water partition coefficient (Wildman–Crippen LogP) is 3.91. The van der Waals surface area contributed by atoms with Crippen molar-refractivity contribution >= 4 is 17.4 Å². The minimum atomic E-state index is 0.111. The number of hydrogen-bond donors (Lipinski definition) is 0. The van der Waals surface area contributed by atoms with E-state index in [0.717, 1.165) is 22.6 Å². The summed E-state index contributed by atoms with van der Waals surface area (Å²) in [5.74, 6) is 0.480. The van der Waals surface area contributed by atoms with Crippen LogP contribution in [0.3, 0.4) is 0 Å². The van der Waals surface area contributed by atoms with Crippen LogP contribution in [-0.4, -0.2) is 16.2 Å². The molecule has 0 unspecified atom stereocenters. The largest absolute Gasteiger partial charge is 0.318 e. The van der Waals surface area contributed by atoms with Crippen LogP contribution in [0.2, 0.25) is 0 Å². The third kappa shape index (κ3) is 2.34. The van der Waals surface area contributed by atoms with Crippen molar-refractivity contribution in [3.63, 3.8) is 0 Å². The molecule has 2 aromatic rings. The third-order valence-electron chi connectivity index (χ3n) is 3.07. The number of halogens is 1. The lowest BCUT2D eigenvalue weighted by Gasteiger charge is -2.09. The highest BCUT2D eigenvalue weighted by molar-refractivity contribution is 6.19. The first kappa shape index (κ1) is 12.9. The molecule has 1 aromatic heterocycles. The number of carbonyl (C=O) groups is 1. The summed E-state index contributed by atoms with van der Waals surface area (Å²) >= 11 is 5.63. The fourth-order valence-electron chi connectivity index (χ4n) is 2.24. The van der Waals surface area contributed by atoms with Gasteiger partial charge in [-0.25, -0.2) is 0 Å².